The number of cyclic esters (lactones) is 1. The fraction of sp³-hybridized carbons (Fsp3) is 0.263. The maximum absolute atomic E-state index is 11.6. The van der Waals surface area contributed by atoms with Gasteiger partial charge >= 0.3 is 18.1 Å². The molecule has 57 heavy (non-hydrogen) atoms. The van der Waals surface area contributed by atoms with Gasteiger partial charge in [-0.15, -0.1) is 6.42 Å². The summed E-state index contributed by atoms with van der Waals surface area (Å²) >= 11 is 2.41. The minimum atomic E-state index is -0.915. The van der Waals surface area contributed by atoms with Gasteiger partial charge in [-0.3, -0.25) is 14.4 Å². The van der Waals surface area contributed by atoms with E-state index in [-0.39, 0.29) is 18.7 Å². The molecule has 1 aromatic rings. The number of carbonyl (C=O) groups is 6. The largest absolute Gasteiger partial charge is 0.514 e. The van der Waals surface area contributed by atoms with Gasteiger partial charge in [-0.1, -0.05) is 42.5 Å². The summed E-state index contributed by atoms with van der Waals surface area (Å²) < 4.78 is 8.95. The number of carbonyl (C=O) groups excluding carboxylic acids is 6. The monoisotopic (exact) mass is 812 g/mol. The standard InChI is InChI=1S/C11H14N4O3.C9H8N2O5.C9H7NOS.C9H7NS/c1-3-4-13-10(17)8(5-12)6-15-9(16)7-14(2)11(15)18;1-2-15-8(13)6(3-10)4-11-7(12)5-16-9(11)14;10-6-9(7-11)12-8-4-2-1-3-5-8;1-4-5-6-11-9(7-10)8(2)3/h6H,3-4,7H2,1-2H3,(H,13,17);4H,2,5H2,1H3;1-5,7,11H;1H,2-3H3/b8-6-;6-4-;9-7+;. The summed E-state index contributed by atoms with van der Waals surface area (Å²) in [4.78, 5) is 72.2. The first-order valence-electron chi connectivity index (χ1n) is 16.1. The van der Waals surface area contributed by atoms with Crippen LogP contribution in [0.3, 0.4) is 0 Å². The van der Waals surface area contributed by atoms with E-state index in [1.54, 1.807) is 13.0 Å². The van der Waals surface area contributed by atoms with E-state index in [0.29, 0.717) is 21.3 Å². The highest BCUT2D eigenvalue weighted by atomic mass is 32.2. The average molecular weight is 813 g/mol. The average Bonchev–Trinajstić information content (AvgIpc) is 3.65. The van der Waals surface area contributed by atoms with Gasteiger partial charge in [0.2, 0.25) is 0 Å². The normalized spacial score (nSPS) is 13.0. The van der Waals surface area contributed by atoms with Crippen LogP contribution < -0.4 is 5.32 Å². The van der Waals surface area contributed by atoms with Gasteiger partial charge in [0, 0.05) is 30.9 Å². The van der Waals surface area contributed by atoms with Gasteiger partial charge in [0.05, 0.1) is 11.5 Å². The number of likely N-dealkylation sites (N-methyl/N-ethyl adjacent to an activating group) is 1. The van der Waals surface area contributed by atoms with Crippen molar-refractivity contribution in [3.05, 3.63) is 75.5 Å². The molecule has 3 rings (SSSR count). The Morgan fingerprint density at radius 2 is 1.60 bits per heavy atom. The van der Waals surface area contributed by atoms with E-state index < -0.39 is 48.0 Å². The lowest BCUT2D eigenvalue weighted by Gasteiger charge is -2.09. The van der Waals surface area contributed by atoms with Crippen molar-refractivity contribution in [3.8, 4) is 47.8 Å². The minimum absolute atomic E-state index is 0.0510. The summed E-state index contributed by atoms with van der Waals surface area (Å²) in [5.41, 5.74) is 0.262. The van der Waals surface area contributed by atoms with Gasteiger partial charge in [-0.05, 0) is 68.2 Å². The van der Waals surface area contributed by atoms with Crippen molar-refractivity contribution in [2.45, 2.75) is 39.0 Å². The predicted molar refractivity (Wildman–Crippen MR) is 207 cm³/mol. The molecule has 0 aliphatic carbocycles. The topological polar surface area (TPSA) is 258 Å². The van der Waals surface area contributed by atoms with Crippen LogP contribution in [0.4, 0.5) is 9.59 Å². The first-order valence-corrected chi connectivity index (χ1v) is 17.8. The zero-order chi connectivity index (χ0) is 43.3. The highest BCUT2D eigenvalue weighted by Gasteiger charge is 2.33. The lowest BCUT2D eigenvalue weighted by molar-refractivity contribution is -0.138. The molecule has 2 aliphatic heterocycles. The lowest BCUT2D eigenvalue weighted by Crippen LogP contribution is -2.30. The van der Waals surface area contributed by atoms with Crippen LogP contribution in [0, 0.1) is 68.8 Å². The van der Waals surface area contributed by atoms with E-state index in [2.05, 4.69) is 31.9 Å². The Labute approximate surface area is 338 Å². The zero-order valence-corrected chi connectivity index (χ0v) is 33.0. The van der Waals surface area contributed by atoms with Crippen molar-refractivity contribution in [2.24, 2.45) is 0 Å². The molecule has 6 amide bonds. The summed E-state index contributed by atoms with van der Waals surface area (Å²) in [6.45, 7) is 7.25. The molecule has 2 heterocycles. The Balaban J connectivity index is 0.000000748. The Kier molecular flexibility index (Phi) is 24.4. The van der Waals surface area contributed by atoms with Gasteiger partial charge in [0.15, 0.2) is 12.2 Å². The van der Waals surface area contributed by atoms with Gasteiger partial charge in [-0.25, -0.2) is 24.2 Å². The first kappa shape index (κ1) is 49.6. The van der Waals surface area contributed by atoms with Crippen molar-refractivity contribution in [1.82, 2.24) is 20.0 Å². The van der Waals surface area contributed by atoms with Crippen LogP contribution in [0.15, 0.2) is 80.4 Å². The Morgan fingerprint density at radius 1 is 0.965 bits per heavy atom. The lowest BCUT2D eigenvalue weighted by atomic mass is 10.3. The zero-order valence-electron chi connectivity index (χ0n) is 31.4. The highest BCUT2D eigenvalue weighted by molar-refractivity contribution is 8.07. The molecule has 19 heteroatoms. The van der Waals surface area contributed by atoms with E-state index in [0.717, 1.165) is 40.5 Å². The summed E-state index contributed by atoms with van der Waals surface area (Å²) in [6, 6.07) is 16.0. The minimum Gasteiger partial charge on any atom is -0.514 e. The van der Waals surface area contributed by atoms with Crippen LogP contribution in [0.5, 0.6) is 0 Å². The molecule has 17 nitrogen and oxygen atoms in total. The second-order valence-corrected chi connectivity index (χ2v) is 12.4. The van der Waals surface area contributed by atoms with E-state index in [1.165, 1.54) is 41.5 Å². The molecule has 1 aromatic carbocycles. The number of nitrogens with one attached hydrogen (secondary N) is 1. The fourth-order valence-corrected chi connectivity index (χ4v) is 4.46. The molecule has 0 aromatic heterocycles. The number of amides is 6. The molecule has 2 fully saturated rings. The quantitative estimate of drug-likeness (QED) is 0.0623. The summed E-state index contributed by atoms with van der Waals surface area (Å²) in [5, 5.41) is 48.2. The molecule has 2 N–H and O–H groups in total. The number of hydrogen-bond acceptors (Lipinski definition) is 15. The molecule has 2 aliphatic rings. The second kappa shape index (κ2) is 28.1. The van der Waals surface area contributed by atoms with Crippen LogP contribution in [0.25, 0.3) is 0 Å². The third kappa shape index (κ3) is 18.5. The van der Waals surface area contributed by atoms with Crippen molar-refractivity contribution >= 4 is 59.3 Å². The molecule has 2 saturated heterocycles. The third-order valence-corrected chi connectivity index (χ3v) is 7.85. The number of hydrogen-bond donors (Lipinski definition) is 2. The van der Waals surface area contributed by atoms with Gasteiger partial charge in [-0.2, -0.15) is 21.0 Å². The maximum atomic E-state index is 11.6. The van der Waals surface area contributed by atoms with Crippen LogP contribution in [0.1, 0.15) is 34.1 Å². The number of rotatable bonds is 10. The van der Waals surface area contributed by atoms with Gasteiger partial charge in [0.25, 0.3) is 17.7 Å². The van der Waals surface area contributed by atoms with Crippen molar-refractivity contribution in [1.29, 1.82) is 21.0 Å². The van der Waals surface area contributed by atoms with Crippen molar-refractivity contribution in [2.75, 3.05) is 33.4 Å². The Hall–Kier alpha value is -7.42. The number of allylic oxidation sites excluding steroid dienone is 3. The van der Waals surface area contributed by atoms with Crippen LogP contribution >= 0.6 is 23.5 Å². The molecular weight excluding hydrogens is 777 g/mol. The van der Waals surface area contributed by atoms with Crippen molar-refractivity contribution in [3.63, 3.8) is 0 Å². The van der Waals surface area contributed by atoms with Gasteiger partial charge < -0.3 is 24.8 Å². The number of benzene rings is 1. The molecule has 0 unspecified atom stereocenters. The number of ether oxygens (including phenoxy) is 2. The van der Waals surface area contributed by atoms with E-state index in [1.807, 2.05) is 63.2 Å². The number of aliphatic hydroxyl groups is 1. The smallest absolute Gasteiger partial charge is 0.421 e. The molecule has 294 valence electrons. The number of terminal acetylenes is 1. The molecule has 0 atom stereocenters. The maximum Gasteiger partial charge on any atom is 0.421 e. The molecule has 0 spiro atoms. The van der Waals surface area contributed by atoms with Crippen LogP contribution in [-0.4, -0.2) is 89.0 Å². The highest BCUT2D eigenvalue weighted by Crippen LogP contribution is 2.24. The van der Waals surface area contributed by atoms with Gasteiger partial charge in [0.1, 0.15) is 47.6 Å². The number of nitrogens with zero attached hydrogens (tertiary/aromatic N) is 7. The third-order valence-electron chi connectivity index (χ3n) is 6.02. The number of nitriles is 4. The van der Waals surface area contributed by atoms with E-state index >= 15 is 0 Å². The number of esters is 1. The van der Waals surface area contributed by atoms with Crippen LogP contribution in [0.2, 0.25) is 0 Å². The van der Waals surface area contributed by atoms with E-state index in [4.69, 9.17) is 32.6 Å². The Bertz CT molecular complexity index is 2050. The Morgan fingerprint density at radius 3 is 2.04 bits per heavy atom. The second-order valence-electron chi connectivity index (χ2n) is 10.4. The number of imide groups is 2. The van der Waals surface area contributed by atoms with Crippen LogP contribution in [-0.2, 0) is 28.7 Å². The SMILES string of the molecule is C#CC#CSC(C#N)=C(C)C.CCCNC(=O)/C(C#N)=C\N1C(=O)CN(C)C1=O.CCOC(=O)/C(C#N)=C\N1C(=O)COC1=O.N#C/C(=C\O)Sc1ccccc1. The number of aliphatic hydroxyl groups excluding tert-OH is 1. The fourth-order valence-electron chi connectivity index (χ4n) is 3.36. The molecule has 0 saturated carbocycles. The number of thioether (sulfide) groups is 2. The number of urea groups is 1. The summed E-state index contributed by atoms with van der Waals surface area (Å²) in [6.07, 6.45) is 7.33. The van der Waals surface area contributed by atoms with Crippen molar-refractivity contribution < 1.29 is 43.3 Å². The molecular formula is C38H36N8O9S2. The predicted octanol–water partition coefficient (Wildman–Crippen LogP) is 4.58. The molecule has 0 radical (unpaired) electrons. The van der Waals surface area contributed by atoms with E-state index in [9.17, 15) is 28.8 Å². The summed E-state index contributed by atoms with van der Waals surface area (Å²) in [5.74, 6) is 2.02. The first-order chi connectivity index (χ1) is 27.2. The summed E-state index contributed by atoms with van der Waals surface area (Å²) in [7, 11) is 1.47. The molecule has 0 bridgehead atoms.